The van der Waals surface area contributed by atoms with Crippen LogP contribution in [-0.4, -0.2) is 6.71 Å². The fourth-order valence-corrected chi connectivity index (χ4v) is 12.6. The lowest BCUT2D eigenvalue weighted by Gasteiger charge is -2.48. The topological polar surface area (TPSA) is 6.48 Å². The molecule has 2 aliphatic heterocycles. The smallest absolute Gasteiger partial charge is 0.252 e. The summed E-state index contributed by atoms with van der Waals surface area (Å²) in [4.78, 5) is 5.35. The summed E-state index contributed by atoms with van der Waals surface area (Å²) in [6.45, 7) is 29.3. The molecule has 7 aromatic rings. The zero-order valence-electron chi connectivity index (χ0n) is 40.9. The normalized spacial score (nSPS) is 18.1. The van der Waals surface area contributed by atoms with Crippen molar-refractivity contribution in [3.63, 3.8) is 0 Å². The molecule has 3 heteroatoms. The highest BCUT2D eigenvalue weighted by Gasteiger charge is 2.48. The zero-order valence-corrected chi connectivity index (χ0v) is 40.9. The van der Waals surface area contributed by atoms with Gasteiger partial charge >= 0.3 is 0 Å². The first kappa shape index (κ1) is 41.9. The van der Waals surface area contributed by atoms with Gasteiger partial charge < -0.3 is 9.80 Å². The molecular formula is C62H65BN2. The lowest BCUT2D eigenvalue weighted by molar-refractivity contribution is 0.332. The van der Waals surface area contributed by atoms with Crippen molar-refractivity contribution >= 4 is 57.2 Å². The van der Waals surface area contributed by atoms with Gasteiger partial charge in [0.15, 0.2) is 0 Å². The van der Waals surface area contributed by atoms with Crippen LogP contribution in [0.15, 0.2) is 140 Å². The summed E-state index contributed by atoms with van der Waals surface area (Å²) < 4.78 is 0. The second-order valence-corrected chi connectivity index (χ2v) is 23.7. The first-order valence-corrected chi connectivity index (χ1v) is 24.2. The second-order valence-electron chi connectivity index (χ2n) is 23.7. The highest BCUT2D eigenvalue weighted by molar-refractivity contribution is 7.00. The number of nitrogens with zero attached hydrogens (tertiary/aromatic N) is 2. The van der Waals surface area contributed by atoms with Gasteiger partial charge in [0, 0.05) is 34.1 Å². The Labute approximate surface area is 389 Å². The van der Waals surface area contributed by atoms with Crippen LogP contribution in [0.5, 0.6) is 0 Å². The van der Waals surface area contributed by atoms with Crippen LogP contribution in [0.1, 0.15) is 129 Å². The van der Waals surface area contributed by atoms with E-state index in [9.17, 15) is 0 Å². The molecule has 0 radical (unpaired) electrons. The maximum absolute atomic E-state index is 2.73. The van der Waals surface area contributed by atoms with Gasteiger partial charge in [-0.15, -0.1) is 0 Å². The van der Waals surface area contributed by atoms with Gasteiger partial charge in [-0.2, -0.15) is 0 Å². The third kappa shape index (κ3) is 6.50. The van der Waals surface area contributed by atoms with E-state index in [0.29, 0.717) is 0 Å². The lowest BCUT2D eigenvalue weighted by atomic mass is 9.33. The molecule has 0 spiro atoms. The van der Waals surface area contributed by atoms with Crippen LogP contribution in [-0.2, 0) is 27.1 Å². The molecule has 0 bridgehead atoms. The summed E-state index contributed by atoms with van der Waals surface area (Å²) in [7, 11) is 0. The Balaban J connectivity index is 1.28. The molecule has 0 N–H and O–H groups in total. The Kier molecular flexibility index (Phi) is 9.09. The maximum Gasteiger partial charge on any atom is 0.252 e. The molecule has 0 saturated heterocycles. The van der Waals surface area contributed by atoms with E-state index in [-0.39, 0.29) is 33.8 Å². The summed E-state index contributed by atoms with van der Waals surface area (Å²) in [5.74, 6) is 0. The highest BCUT2D eigenvalue weighted by Crippen LogP contribution is 2.55. The van der Waals surface area contributed by atoms with E-state index < -0.39 is 0 Å². The van der Waals surface area contributed by atoms with Crippen LogP contribution in [0.4, 0.5) is 34.1 Å². The minimum Gasteiger partial charge on any atom is -0.311 e. The van der Waals surface area contributed by atoms with Crippen molar-refractivity contribution < 1.29 is 0 Å². The predicted octanol–water partition coefficient (Wildman–Crippen LogP) is 15.0. The third-order valence-corrected chi connectivity index (χ3v) is 16.1. The standard InChI is InChI=1S/C62H65BN2/c1-39-30-46-49(62(11,12)38-61(46,9)10)36-52(39)65-54-37-48-47(59(5,6)28-29-60(48,7)8)35-51(54)63-50-27-26-43(41-22-17-14-18-23-41)32-53(50)64(55-33-44(58(2,3)4)34-56(65)57(55)63)45-25-19-24-42(31-45)40-20-15-13-16-21-40/h13-27,30-37H,28-29,38H2,1-12H3. The van der Waals surface area contributed by atoms with Gasteiger partial charge in [0.2, 0.25) is 0 Å². The SMILES string of the molecule is Cc1cc2c(cc1N1c3cc4c(cc3B3c5ccc(-c6ccccc6)cc5N(c5cccc(-c6ccccc6)c5)c5cc(C(C)(C)C)cc1c53)C(C)(C)CCC4(C)C)C(C)(C)CC2(C)C. The van der Waals surface area contributed by atoms with Crippen molar-refractivity contribution in [2.45, 2.75) is 129 Å². The Morgan fingerprint density at radius 1 is 0.431 bits per heavy atom. The van der Waals surface area contributed by atoms with E-state index >= 15 is 0 Å². The summed E-state index contributed by atoms with van der Waals surface area (Å²) in [6, 6.07) is 54.0. The Hall–Kier alpha value is -5.80. The minimum absolute atomic E-state index is 0.0323. The second kappa shape index (κ2) is 14.1. The van der Waals surface area contributed by atoms with Gasteiger partial charge in [-0.3, -0.25) is 0 Å². The molecule has 65 heavy (non-hydrogen) atoms. The van der Waals surface area contributed by atoms with E-state index in [4.69, 9.17) is 0 Å². The predicted molar refractivity (Wildman–Crippen MR) is 281 cm³/mol. The van der Waals surface area contributed by atoms with Crippen LogP contribution in [0.25, 0.3) is 22.3 Å². The van der Waals surface area contributed by atoms with Gasteiger partial charge in [0.1, 0.15) is 0 Å². The molecule has 0 saturated carbocycles. The number of anilines is 6. The van der Waals surface area contributed by atoms with Gasteiger partial charge in [0.05, 0.1) is 0 Å². The Bertz CT molecular complexity index is 3070. The van der Waals surface area contributed by atoms with E-state index in [2.05, 4.69) is 232 Å². The van der Waals surface area contributed by atoms with Crippen LogP contribution in [0.3, 0.4) is 0 Å². The average Bonchev–Trinajstić information content (AvgIpc) is 3.45. The van der Waals surface area contributed by atoms with E-state index in [1.807, 2.05) is 0 Å². The average molecular weight is 849 g/mol. The largest absolute Gasteiger partial charge is 0.311 e. The molecular weight excluding hydrogens is 784 g/mol. The molecule has 326 valence electrons. The van der Waals surface area contributed by atoms with Gasteiger partial charge in [-0.1, -0.05) is 173 Å². The lowest BCUT2D eigenvalue weighted by Crippen LogP contribution is -2.62. The van der Waals surface area contributed by atoms with Crippen molar-refractivity contribution in [2.75, 3.05) is 9.80 Å². The highest BCUT2D eigenvalue weighted by atomic mass is 15.2. The summed E-state index contributed by atoms with van der Waals surface area (Å²) in [5.41, 5.74) is 25.6. The third-order valence-electron chi connectivity index (χ3n) is 16.1. The fourth-order valence-electron chi connectivity index (χ4n) is 12.6. The van der Waals surface area contributed by atoms with Crippen LogP contribution >= 0.6 is 0 Å². The molecule has 7 aromatic carbocycles. The van der Waals surface area contributed by atoms with E-state index in [0.717, 1.165) is 6.42 Å². The van der Waals surface area contributed by atoms with Gasteiger partial charge in [0.25, 0.3) is 6.71 Å². The fraction of sp³-hybridized carbons (Fsp3) is 0.323. The van der Waals surface area contributed by atoms with Gasteiger partial charge in [-0.25, -0.2) is 0 Å². The maximum atomic E-state index is 2.73. The van der Waals surface area contributed by atoms with Gasteiger partial charge in [-0.05, 0) is 168 Å². The number of rotatable bonds is 4. The zero-order chi connectivity index (χ0) is 45.6. The molecule has 2 aliphatic carbocycles. The van der Waals surface area contributed by atoms with Crippen LogP contribution < -0.4 is 26.2 Å². The first-order chi connectivity index (χ1) is 30.7. The van der Waals surface area contributed by atoms with E-state index in [1.54, 1.807) is 0 Å². The molecule has 0 atom stereocenters. The van der Waals surface area contributed by atoms with Crippen molar-refractivity contribution in [3.05, 3.63) is 173 Å². The van der Waals surface area contributed by atoms with Crippen molar-refractivity contribution in [1.29, 1.82) is 0 Å². The molecule has 2 heterocycles. The van der Waals surface area contributed by atoms with Crippen molar-refractivity contribution in [2.24, 2.45) is 0 Å². The Morgan fingerprint density at radius 2 is 0.938 bits per heavy atom. The Morgan fingerprint density at radius 3 is 1.55 bits per heavy atom. The monoisotopic (exact) mass is 849 g/mol. The number of hydrogen-bond donors (Lipinski definition) is 0. The number of benzene rings is 7. The molecule has 2 nitrogen and oxygen atoms in total. The quantitative estimate of drug-likeness (QED) is 0.163. The minimum atomic E-state index is -0.114. The molecule has 0 amide bonds. The van der Waals surface area contributed by atoms with Crippen LogP contribution in [0, 0.1) is 6.92 Å². The van der Waals surface area contributed by atoms with Crippen LogP contribution in [0.2, 0.25) is 0 Å². The number of fused-ring (bicyclic) bond motifs is 6. The molecule has 4 aliphatic rings. The summed E-state index contributed by atoms with van der Waals surface area (Å²) in [5, 5.41) is 0. The first-order valence-electron chi connectivity index (χ1n) is 24.2. The summed E-state index contributed by atoms with van der Waals surface area (Å²) >= 11 is 0. The molecule has 0 unspecified atom stereocenters. The van der Waals surface area contributed by atoms with Crippen molar-refractivity contribution in [3.8, 4) is 22.3 Å². The number of hydrogen-bond acceptors (Lipinski definition) is 2. The summed E-state index contributed by atoms with van der Waals surface area (Å²) in [6.07, 6.45) is 3.49. The van der Waals surface area contributed by atoms with E-state index in [1.165, 1.54) is 119 Å². The molecule has 11 rings (SSSR count). The molecule has 0 fully saturated rings. The van der Waals surface area contributed by atoms with Crippen molar-refractivity contribution in [1.82, 2.24) is 0 Å². The number of aryl methyl sites for hydroxylation is 1. The molecule has 0 aromatic heterocycles.